The average molecular weight is 264 g/mol. The van der Waals surface area contributed by atoms with Gasteiger partial charge in [0.2, 0.25) is 0 Å². The molecule has 6 nitrogen and oxygen atoms in total. The van der Waals surface area contributed by atoms with Gasteiger partial charge >= 0.3 is 6.09 Å². The molecule has 0 atom stereocenters. The van der Waals surface area contributed by atoms with E-state index >= 15 is 0 Å². The monoisotopic (exact) mass is 264 g/mol. The normalized spacial score (nSPS) is 18.5. The van der Waals surface area contributed by atoms with Crippen LogP contribution in [0, 0.1) is 0 Å². The number of hydrogen-bond donors (Lipinski definition) is 1. The minimum atomic E-state index is -1.06. The molecule has 0 spiro atoms. The Morgan fingerprint density at radius 2 is 2.05 bits per heavy atom. The van der Waals surface area contributed by atoms with Crippen LogP contribution in [0.15, 0.2) is 23.5 Å². The summed E-state index contributed by atoms with van der Waals surface area (Å²) in [6.45, 7) is 3.60. The zero-order valence-electron chi connectivity index (χ0n) is 11.0. The lowest BCUT2D eigenvalue weighted by Gasteiger charge is -2.27. The zero-order valence-corrected chi connectivity index (χ0v) is 11.0. The van der Waals surface area contributed by atoms with Gasteiger partial charge in [-0.2, -0.15) is 9.78 Å². The Hall–Kier alpha value is -1.85. The molecule has 0 bridgehead atoms. The molecule has 2 aliphatic rings. The van der Waals surface area contributed by atoms with Gasteiger partial charge in [-0.1, -0.05) is 6.42 Å². The summed E-state index contributed by atoms with van der Waals surface area (Å²) in [6.07, 6.45) is 8.35. The molecular formula is C13H20N4O2. The van der Waals surface area contributed by atoms with E-state index in [1.54, 1.807) is 6.07 Å². The predicted octanol–water partition coefficient (Wildman–Crippen LogP) is 2.07. The largest absolute Gasteiger partial charge is 0.463 e. The van der Waals surface area contributed by atoms with Crippen molar-refractivity contribution in [3.63, 3.8) is 0 Å². The van der Waals surface area contributed by atoms with Crippen molar-refractivity contribution < 1.29 is 9.90 Å². The van der Waals surface area contributed by atoms with Gasteiger partial charge in [0.15, 0.2) is 0 Å². The fourth-order valence-electron chi connectivity index (χ4n) is 2.32. The van der Waals surface area contributed by atoms with Gasteiger partial charge in [-0.15, -0.1) is 0 Å². The number of nitrogens with zero attached hydrogens (tertiary/aromatic N) is 4. The number of hydrogen-bond acceptors (Lipinski definition) is 4. The predicted molar refractivity (Wildman–Crippen MR) is 72.6 cm³/mol. The first kappa shape index (κ1) is 13.6. The van der Waals surface area contributed by atoms with E-state index in [0.29, 0.717) is 0 Å². The molecule has 2 aliphatic heterocycles. The molecular weight excluding hydrogens is 244 g/mol. The van der Waals surface area contributed by atoms with Crippen molar-refractivity contribution in [2.24, 2.45) is 4.99 Å². The number of fused-ring (bicyclic) bond motifs is 1. The Morgan fingerprint density at radius 1 is 1.21 bits per heavy atom. The maximum absolute atomic E-state index is 9.96. The van der Waals surface area contributed by atoms with Crippen LogP contribution in [0.1, 0.15) is 32.1 Å². The third kappa shape index (κ3) is 4.08. The van der Waals surface area contributed by atoms with E-state index in [1.807, 2.05) is 0 Å². The number of aliphatic imine (C=N–C) groups is 1. The van der Waals surface area contributed by atoms with E-state index in [4.69, 9.17) is 5.11 Å². The number of carbonyl (C=O) groups is 1. The van der Waals surface area contributed by atoms with Gasteiger partial charge in [-0.05, 0) is 25.3 Å². The van der Waals surface area contributed by atoms with Gasteiger partial charge < -0.3 is 10.0 Å². The Morgan fingerprint density at radius 3 is 2.74 bits per heavy atom. The molecule has 3 heterocycles. The quantitative estimate of drug-likeness (QED) is 0.778. The zero-order chi connectivity index (χ0) is 13.5. The molecule has 104 valence electrons. The van der Waals surface area contributed by atoms with Crippen molar-refractivity contribution in [3.05, 3.63) is 18.5 Å². The van der Waals surface area contributed by atoms with Crippen molar-refractivity contribution in [1.29, 1.82) is 0 Å². The molecule has 3 rings (SSSR count). The van der Waals surface area contributed by atoms with Crippen LogP contribution in [-0.4, -0.2) is 51.4 Å². The molecule has 1 fully saturated rings. The second-order valence-corrected chi connectivity index (χ2v) is 4.68. The van der Waals surface area contributed by atoms with Gasteiger partial charge in [0.1, 0.15) is 0 Å². The first-order chi connectivity index (χ1) is 9.27. The van der Waals surface area contributed by atoms with Crippen molar-refractivity contribution in [2.45, 2.75) is 32.1 Å². The van der Waals surface area contributed by atoms with Crippen LogP contribution in [0.3, 0.4) is 0 Å². The topological polar surface area (TPSA) is 70.7 Å². The third-order valence-electron chi connectivity index (χ3n) is 3.27. The average Bonchev–Trinajstić information content (AvgIpc) is 2.85. The molecule has 19 heavy (non-hydrogen) atoms. The number of carboxylic acid groups (broad SMARTS) is 1. The van der Waals surface area contributed by atoms with E-state index < -0.39 is 6.09 Å². The van der Waals surface area contributed by atoms with Crippen LogP contribution in [0.2, 0.25) is 0 Å². The summed E-state index contributed by atoms with van der Waals surface area (Å²) in [5.41, 5.74) is 0. The van der Waals surface area contributed by atoms with Crippen LogP contribution in [0.4, 0.5) is 4.79 Å². The van der Waals surface area contributed by atoms with Gasteiger partial charge in [-0.3, -0.25) is 4.99 Å². The first-order valence-corrected chi connectivity index (χ1v) is 6.78. The first-order valence-electron chi connectivity index (χ1n) is 6.78. The minimum Gasteiger partial charge on any atom is -0.463 e. The van der Waals surface area contributed by atoms with Crippen LogP contribution >= 0.6 is 0 Å². The van der Waals surface area contributed by atoms with E-state index in [2.05, 4.69) is 15.0 Å². The van der Waals surface area contributed by atoms with Crippen LogP contribution < -0.4 is 0 Å². The molecule has 0 amide bonds. The van der Waals surface area contributed by atoms with E-state index in [1.165, 1.54) is 63.4 Å². The maximum atomic E-state index is 9.96. The highest BCUT2D eigenvalue weighted by atomic mass is 16.4. The lowest BCUT2D eigenvalue weighted by atomic mass is 10.2. The van der Waals surface area contributed by atoms with Crippen molar-refractivity contribution >= 4 is 11.9 Å². The molecule has 0 saturated carbocycles. The second-order valence-electron chi connectivity index (χ2n) is 4.68. The molecule has 0 radical (unpaired) electrons. The summed E-state index contributed by atoms with van der Waals surface area (Å²) >= 11 is 0. The fourth-order valence-corrected chi connectivity index (χ4v) is 2.32. The van der Waals surface area contributed by atoms with Crippen molar-refractivity contribution in [2.75, 3.05) is 19.6 Å². The molecule has 1 aromatic heterocycles. The molecule has 0 aliphatic carbocycles. The van der Waals surface area contributed by atoms with Crippen molar-refractivity contribution in [3.8, 4) is 0 Å². The summed E-state index contributed by atoms with van der Waals surface area (Å²) in [5, 5.41) is 11.6. The Bertz CT molecular complexity index is 428. The molecule has 6 heteroatoms. The number of amidine groups is 1. The smallest absolute Gasteiger partial charge is 0.432 e. The Kier molecular flexibility index (Phi) is 4.94. The summed E-state index contributed by atoms with van der Waals surface area (Å²) < 4.78 is 0.833. The Balaban J connectivity index is 0.000000148. The van der Waals surface area contributed by atoms with E-state index in [-0.39, 0.29) is 0 Å². The van der Waals surface area contributed by atoms with Crippen molar-refractivity contribution in [1.82, 2.24) is 14.7 Å². The van der Waals surface area contributed by atoms with Crippen LogP contribution in [0.5, 0.6) is 0 Å². The van der Waals surface area contributed by atoms with E-state index in [0.717, 1.165) is 11.2 Å². The highest BCUT2D eigenvalue weighted by Crippen LogP contribution is 2.15. The summed E-state index contributed by atoms with van der Waals surface area (Å²) in [4.78, 5) is 17.0. The minimum absolute atomic E-state index is 0.833. The third-order valence-corrected chi connectivity index (χ3v) is 3.27. The van der Waals surface area contributed by atoms with Gasteiger partial charge in [0.05, 0.1) is 5.84 Å². The van der Waals surface area contributed by atoms with Gasteiger partial charge in [0.25, 0.3) is 0 Å². The van der Waals surface area contributed by atoms with Crippen LogP contribution in [0.25, 0.3) is 0 Å². The fraction of sp³-hybridized carbons (Fsp3) is 0.615. The molecule has 1 aromatic rings. The number of rotatable bonds is 0. The highest BCUT2D eigenvalue weighted by molar-refractivity contribution is 5.83. The molecule has 1 saturated heterocycles. The van der Waals surface area contributed by atoms with Crippen LogP contribution in [-0.2, 0) is 0 Å². The summed E-state index contributed by atoms with van der Waals surface area (Å²) in [7, 11) is 0. The number of aromatic nitrogens is 2. The summed E-state index contributed by atoms with van der Waals surface area (Å²) in [5.74, 6) is 1.40. The molecule has 1 N–H and O–H groups in total. The van der Waals surface area contributed by atoms with E-state index in [9.17, 15) is 4.79 Å². The highest BCUT2D eigenvalue weighted by Gasteiger charge is 2.16. The van der Waals surface area contributed by atoms with Gasteiger partial charge in [0, 0.05) is 38.4 Å². The Labute approximate surface area is 112 Å². The SMILES string of the molecule is C1CCC2=NCCCN2CC1.O=C(O)n1cccn1. The van der Waals surface area contributed by atoms with Gasteiger partial charge in [-0.25, -0.2) is 4.79 Å². The maximum Gasteiger partial charge on any atom is 0.432 e. The lowest BCUT2D eigenvalue weighted by Crippen LogP contribution is -2.34. The molecule has 0 aromatic carbocycles. The summed E-state index contributed by atoms with van der Waals surface area (Å²) in [6, 6.07) is 1.55. The standard InChI is InChI=1S/C9H16N2.C4H4N2O2/c1-2-5-9-10-6-4-8-11(9)7-3-1;7-4(8)6-3-1-2-5-6/h1-8H2;1-3H,(H,7,8). The lowest BCUT2D eigenvalue weighted by molar-refractivity contribution is 0.192. The second kappa shape index (κ2) is 6.92. The molecule has 0 unspecified atom stereocenters.